The summed E-state index contributed by atoms with van der Waals surface area (Å²) in [4.78, 5) is 23.8. The first kappa shape index (κ1) is 19.0. The van der Waals surface area contributed by atoms with E-state index < -0.39 is 22.7 Å². The lowest BCUT2D eigenvalue weighted by molar-refractivity contribution is -0.119. The molecule has 0 radical (unpaired) electrons. The molecular weight excluding hydrogens is 340 g/mol. The summed E-state index contributed by atoms with van der Waals surface area (Å²) in [6, 6.07) is 7.14. The summed E-state index contributed by atoms with van der Waals surface area (Å²) in [5.74, 6) is -0.0268. The number of benzene rings is 1. The molecule has 0 fully saturated rings. The Morgan fingerprint density at radius 1 is 1.20 bits per heavy atom. The second-order valence-electron chi connectivity index (χ2n) is 6.64. The summed E-state index contributed by atoms with van der Waals surface area (Å²) in [6.45, 7) is 9.13. The van der Waals surface area contributed by atoms with Gasteiger partial charge in [-0.2, -0.15) is 0 Å². The fourth-order valence-electron chi connectivity index (χ4n) is 1.97. The van der Waals surface area contributed by atoms with E-state index in [1.54, 1.807) is 6.92 Å². The third-order valence-corrected chi connectivity index (χ3v) is 4.09. The molecule has 8 heteroatoms. The Morgan fingerprint density at radius 3 is 2.52 bits per heavy atom. The van der Waals surface area contributed by atoms with E-state index in [9.17, 15) is 9.59 Å². The highest BCUT2D eigenvalue weighted by Gasteiger charge is 2.22. The highest BCUT2D eigenvalue weighted by atomic mass is 32.2. The van der Waals surface area contributed by atoms with E-state index in [0.29, 0.717) is 5.89 Å². The van der Waals surface area contributed by atoms with Gasteiger partial charge in [0, 0.05) is 11.1 Å². The van der Waals surface area contributed by atoms with Gasteiger partial charge in [0.05, 0.1) is 5.25 Å². The van der Waals surface area contributed by atoms with Crippen LogP contribution in [0.5, 0.6) is 0 Å². The van der Waals surface area contributed by atoms with Crippen LogP contribution in [0.15, 0.2) is 33.9 Å². The Kier molecular flexibility index (Phi) is 5.84. The number of hydrogen-bond acceptors (Lipinski definition) is 6. The van der Waals surface area contributed by atoms with Crippen molar-refractivity contribution in [2.24, 2.45) is 0 Å². The van der Waals surface area contributed by atoms with Gasteiger partial charge in [0.15, 0.2) is 0 Å². The standard InChI is InChI=1S/C17H22N4O3S/c1-10-8-6-7-9-12(10)14-20-21-16(24-14)25-11(2)13(22)18-15(23)19-17(3,4)5/h6-9,11H,1-5H3,(H2,18,19,22,23)/t11-/m1/s1. The van der Waals surface area contributed by atoms with Crippen molar-refractivity contribution in [3.8, 4) is 11.5 Å². The average Bonchev–Trinajstić information content (AvgIpc) is 2.93. The molecular formula is C17H22N4O3S. The number of nitrogens with zero attached hydrogens (tertiary/aromatic N) is 2. The molecule has 0 aliphatic heterocycles. The third kappa shape index (κ3) is 5.60. The van der Waals surface area contributed by atoms with E-state index in [4.69, 9.17) is 4.42 Å². The number of hydrogen-bond donors (Lipinski definition) is 2. The summed E-state index contributed by atoms with van der Waals surface area (Å²) >= 11 is 1.10. The smallest absolute Gasteiger partial charge is 0.321 e. The lowest BCUT2D eigenvalue weighted by Crippen LogP contribution is -2.49. The molecule has 2 N–H and O–H groups in total. The molecule has 1 heterocycles. The molecule has 3 amide bonds. The highest BCUT2D eigenvalue weighted by molar-refractivity contribution is 8.00. The summed E-state index contributed by atoms with van der Waals surface area (Å²) in [5, 5.41) is 12.7. The number of urea groups is 1. The van der Waals surface area contributed by atoms with Crippen LogP contribution in [0.3, 0.4) is 0 Å². The number of rotatable bonds is 4. The van der Waals surface area contributed by atoms with E-state index in [1.807, 2.05) is 52.0 Å². The minimum Gasteiger partial charge on any atom is -0.411 e. The Balaban J connectivity index is 1.97. The third-order valence-electron chi connectivity index (χ3n) is 3.15. The summed E-state index contributed by atoms with van der Waals surface area (Å²) in [5.41, 5.74) is 1.45. The first-order valence-electron chi connectivity index (χ1n) is 7.85. The van der Waals surface area contributed by atoms with Gasteiger partial charge in [-0.15, -0.1) is 10.2 Å². The van der Waals surface area contributed by atoms with Crippen molar-refractivity contribution in [2.75, 3.05) is 0 Å². The molecule has 0 saturated carbocycles. The molecule has 0 saturated heterocycles. The second kappa shape index (κ2) is 7.69. The van der Waals surface area contributed by atoms with Gasteiger partial charge in [0.25, 0.3) is 5.22 Å². The Hall–Kier alpha value is -2.35. The predicted octanol–water partition coefficient (Wildman–Crippen LogP) is 3.15. The van der Waals surface area contributed by atoms with Gasteiger partial charge in [-0.1, -0.05) is 30.0 Å². The Bertz CT molecular complexity index is 767. The number of carbonyl (C=O) groups is 2. The fraction of sp³-hybridized carbons (Fsp3) is 0.412. The quantitative estimate of drug-likeness (QED) is 0.811. The van der Waals surface area contributed by atoms with Crippen LogP contribution in [0.2, 0.25) is 0 Å². The SMILES string of the molecule is Cc1ccccc1-c1nnc(S[C@H](C)C(=O)NC(=O)NC(C)(C)C)o1. The molecule has 0 aliphatic carbocycles. The van der Waals surface area contributed by atoms with Crippen molar-refractivity contribution < 1.29 is 14.0 Å². The molecule has 0 spiro atoms. The lowest BCUT2D eigenvalue weighted by Gasteiger charge is -2.20. The number of imide groups is 1. The highest BCUT2D eigenvalue weighted by Crippen LogP contribution is 2.27. The van der Waals surface area contributed by atoms with Crippen LogP contribution < -0.4 is 10.6 Å². The summed E-state index contributed by atoms with van der Waals surface area (Å²) in [7, 11) is 0. The molecule has 7 nitrogen and oxygen atoms in total. The van der Waals surface area contributed by atoms with E-state index in [0.717, 1.165) is 22.9 Å². The largest absolute Gasteiger partial charge is 0.411 e. The zero-order valence-corrected chi connectivity index (χ0v) is 15.7. The predicted molar refractivity (Wildman–Crippen MR) is 96.2 cm³/mol. The average molecular weight is 362 g/mol. The normalized spacial score (nSPS) is 12.5. The van der Waals surface area contributed by atoms with Crippen molar-refractivity contribution >= 4 is 23.7 Å². The van der Waals surface area contributed by atoms with Crippen LogP contribution in [0.1, 0.15) is 33.3 Å². The molecule has 1 atom stereocenters. The molecule has 0 aliphatic rings. The maximum Gasteiger partial charge on any atom is 0.321 e. The molecule has 25 heavy (non-hydrogen) atoms. The number of thioether (sulfide) groups is 1. The van der Waals surface area contributed by atoms with Gasteiger partial charge in [-0.05, 0) is 46.2 Å². The van der Waals surface area contributed by atoms with Crippen molar-refractivity contribution in [2.45, 2.75) is 50.6 Å². The molecule has 0 unspecified atom stereocenters. The van der Waals surface area contributed by atoms with Gasteiger partial charge in [-0.25, -0.2) is 4.79 Å². The number of carbonyl (C=O) groups excluding carboxylic acids is 2. The zero-order chi connectivity index (χ0) is 18.6. The second-order valence-corrected chi connectivity index (χ2v) is 7.93. The van der Waals surface area contributed by atoms with E-state index in [1.165, 1.54) is 0 Å². The van der Waals surface area contributed by atoms with E-state index in [2.05, 4.69) is 20.8 Å². The molecule has 0 bridgehead atoms. The molecule has 1 aromatic carbocycles. The first-order chi connectivity index (χ1) is 11.7. The van der Waals surface area contributed by atoms with Crippen molar-refractivity contribution in [3.05, 3.63) is 29.8 Å². The van der Waals surface area contributed by atoms with E-state index in [-0.39, 0.29) is 5.22 Å². The lowest BCUT2D eigenvalue weighted by atomic mass is 10.1. The van der Waals surface area contributed by atoms with Crippen LogP contribution in [0, 0.1) is 6.92 Å². The molecule has 2 aromatic rings. The number of nitrogens with one attached hydrogen (secondary N) is 2. The van der Waals surface area contributed by atoms with Crippen molar-refractivity contribution in [1.82, 2.24) is 20.8 Å². The van der Waals surface area contributed by atoms with Crippen molar-refractivity contribution in [3.63, 3.8) is 0 Å². The van der Waals surface area contributed by atoms with Gasteiger partial charge < -0.3 is 9.73 Å². The van der Waals surface area contributed by atoms with Crippen molar-refractivity contribution in [1.29, 1.82) is 0 Å². The van der Waals surface area contributed by atoms with Crippen LogP contribution in [-0.4, -0.2) is 32.9 Å². The van der Waals surface area contributed by atoms with Crippen LogP contribution in [0.4, 0.5) is 4.79 Å². The number of amides is 3. The molecule has 2 rings (SSSR count). The van der Waals surface area contributed by atoms with Crippen LogP contribution in [0.25, 0.3) is 11.5 Å². The molecule has 134 valence electrons. The maximum absolute atomic E-state index is 12.1. The maximum atomic E-state index is 12.1. The minimum atomic E-state index is -0.559. The minimum absolute atomic E-state index is 0.275. The van der Waals surface area contributed by atoms with Gasteiger partial charge >= 0.3 is 6.03 Å². The van der Waals surface area contributed by atoms with E-state index >= 15 is 0 Å². The molecule has 1 aromatic heterocycles. The number of aromatic nitrogens is 2. The Labute approximate surface area is 151 Å². The monoisotopic (exact) mass is 362 g/mol. The number of aryl methyl sites for hydroxylation is 1. The van der Waals surface area contributed by atoms with Crippen LogP contribution >= 0.6 is 11.8 Å². The fourth-order valence-corrected chi connectivity index (χ4v) is 2.65. The zero-order valence-electron chi connectivity index (χ0n) is 14.9. The summed E-state index contributed by atoms with van der Waals surface area (Å²) in [6.07, 6.45) is 0. The van der Waals surface area contributed by atoms with Gasteiger partial charge in [0.2, 0.25) is 11.8 Å². The summed E-state index contributed by atoms with van der Waals surface area (Å²) < 4.78 is 5.62. The first-order valence-corrected chi connectivity index (χ1v) is 8.73. The van der Waals surface area contributed by atoms with Gasteiger partial charge in [-0.3, -0.25) is 10.1 Å². The van der Waals surface area contributed by atoms with Gasteiger partial charge in [0.1, 0.15) is 0 Å². The topological polar surface area (TPSA) is 97.1 Å². The Morgan fingerprint density at radius 2 is 1.88 bits per heavy atom. The van der Waals surface area contributed by atoms with Crippen LogP contribution in [-0.2, 0) is 4.79 Å².